The van der Waals surface area contributed by atoms with Crippen molar-refractivity contribution in [2.45, 2.75) is 25.8 Å². The number of ether oxygens (including phenoxy) is 1. The molecule has 0 bridgehead atoms. The maximum absolute atomic E-state index is 13.3. The van der Waals surface area contributed by atoms with Crippen LogP contribution in [0.1, 0.15) is 23.6 Å². The summed E-state index contributed by atoms with van der Waals surface area (Å²) in [6.45, 7) is 2.06. The van der Waals surface area contributed by atoms with Crippen LogP contribution in [0.15, 0.2) is 30.6 Å². The lowest BCUT2D eigenvalue weighted by molar-refractivity contribution is -0.137. The number of rotatable bonds is 5. The van der Waals surface area contributed by atoms with Gasteiger partial charge < -0.3 is 10.1 Å². The quantitative estimate of drug-likeness (QED) is 0.667. The second-order valence-electron chi connectivity index (χ2n) is 5.71. The minimum Gasteiger partial charge on any atom is -0.463 e. The van der Waals surface area contributed by atoms with Gasteiger partial charge in [0.2, 0.25) is 5.95 Å². The average Bonchev–Trinajstić information content (AvgIpc) is 2.96. The summed E-state index contributed by atoms with van der Waals surface area (Å²) in [6, 6.07) is 2.48. The smallest absolute Gasteiger partial charge is 0.330 e. The van der Waals surface area contributed by atoms with Crippen molar-refractivity contribution in [1.82, 2.24) is 9.97 Å². The fraction of sp³-hybridized carbons (Fsp3) is 0.278. The molecule has 0 unspecified atom stereocenters. The van der Waals surface area contributed by atoms with E-state index in [0.717, 1.165) is 11.1 Å². The second-order valence-corrected chi connectivity index (χ2v) is 5.71. The fourth-order valence-corrected chi connectivity index (χ4v) is 2.75. The van der Waals surface area contributed by atoms with Gasteiger partial charge in [-0.05, 0) is 49.1 Å². The molecule has 1 aliphatic rings. The number of benzene rings is 1. The number of aromatic nitrogens is 2. The van der Waals surface area contributed by atoms with Crippen molar-refractivity contribution < 1.29 is 18.3 Å². The van der Waals surface area contributed by atoms with E-state index in [0.29, 0.717) is 31.0 Å². The molecular formula is C18H17F2N3O2. The Morgan fingerprint density at radius 3 is 2.40 bits per heavy atom. The van der Waals surface area contributed by atoms with Crippen LogP contribution in [-0.2, 0) is 22.4 Å². The lowest BCUT2D eigenvalue weighted by Crippen LogP contribution is -2.21. The van der Waals surface area contributed by atoms with E-state index >= 15 is 0 Å². The second kappa shape index (κ2) is 7.38. The maximum atomic E-state index is 13.3. The van der Waals surface area contributed by atoms with Gasteiger partial charge in [-0.15, -0.1) is 0 Å². The number of esters is 1. The van der Waals surface area contributed by atoms with Crippen molar-refractivity contribution in [3.63, 3.8) is 0 Å². The highest BCUT2D eigenvalue weighted by Crippen LogP contribution is 2.26. The minimum atomic E-state index is -0.826. The molecule has 3 rings (SSSR count). The molecule has 0 spiro atoms. The van der Waals surface area contributed by atoms with E-state index in [1.807, 2.05) is 0 Å². The first kappa shape index (κ1) is 17.0. The number of carbonyl (C=O) groups excluding carboxylic acids is 1. The molecule has 1 aromatic carbocycles. The summed E-state index contributed by atoms with van der Waals surface area (Å²) >= 11 is 0. The Balaban J connectivity index is 1.60. The largest absolute Gasteiger partial charge is 0.463 e. The van der Waals surface area contributed by atoms with Gasteiger partial charge in [0.15, 0.2) is 11.6 Å². The summed E-state index contributed by atoms with van der Waals surface area (Å²) < 4.78 is 31.4. The number of halogens is 2. The third-order valence-electron chi connectivity index (χ3n) is 3.88. The molecule has 1 aromatic heterocycles. The molecule has 7 heteroatoms. The van der Waals surface area contributed by atoms with Crippen molar-refractivity contribution in [2.75, 3.05) is 11.9 Å². The predicted molar refractivity (Wildman–Crippen MR) is 88.9 cm³/mol. The molecule has 1 N–H and O–H groups in total. The lowest BCUT2D eigenvalue weighted by Gasteiger charge is -2.11. The van der Waals surface area contributed by atoms with Gasteiger partial charge in [0.05, 0.1) is 6.61 Å². The molecule has 0 saturated carbocycles. The van der Waals surface area contributed by atoms with E-state index in [4.69, 9.17) is 4.74 Å². The maximum Gasteiger partial charge on any atom is 0.330 e. The highest BCUT2D eigenvalue weighted by molar-refractivity contribution is 5.86. The van der Waals surface area contributed by atoms with Crippen LogP contribution >= 0.6 is 0 Å². The SMILES string of the molecule is CCOC(=O)/C=C/c1cnc(NC2Cc3cc(F)c(F)cc3C2)nc1. The monoisotopic (exact) mass is 345 g/mol. The van der Waals surface area contributed by atoms with Crippen LogP contribution in [-0.4, -0.2) is 28.6 Å². The average molecular weight is 345 g/mol. The highest BCUT2D eigenvalue weighted by atomic mass is 19.2. The lowest BCUT2D eigenvalue weighted by atomic mass is 10.1. The zero-order chi connectivity index (χ0) is 17.8. The number of anilines is 1. The van der Waals surface area contributed by atoms with Crippen LogP contribution < -0.4 is 5.32 Å². The molecule has 2 aromatic rings. The van der Waals surface area contributed by atoms with Gasteiger partial charge in [0.1, 0.15) is 0 Å². The van der Waals surface area contributed by atoms with E-state index in [9.17, 15) is 13.6 Å². The van der Waals surface area contributed by atoms with Crippen molar-refractivity contribution >= 4 is 18.0 Å². The highest BCUT2D eigenvalue weighted by Gasteiger charge is 2.24. The van der Waals surface area contributed by atoms with Crippen LogP contribution in [0.25, 0.3) is 6.08 Å². The van der Waals surface area contributed by atoms with E-state index in [1.165, 1.54) is 18.2 Å². The van der Waals surface area contributed by atoms with Crippen LogP contribution in [0.4, 0.5) is 14.7 Å². The molecule has 5 nitrogen and oxygen atoms in total. The first-order chi connectivity index (χ1) is 12.0. The van der Waals surface area contributed by atoms with Crippen LogP contribution in [0.3, 0.4) is 0 Å². The van der Waals surface area contributed by atoms with Gasteiger partial charge in [0, 0.05) is 30.1 Å². The van der Waals surface area contributed by atoms with Gasteiger partial charge >= 0.3 is 5.97 Å². The first-order valence-electron chi connectivity index (χ1n) is 7.95. The Morgan fingerprint density at radius 2 is 1.84 bits per heavy atom. The zero-order valence-electron chi connectivity index (χ0n) is 13.6. The van der Waals surface area contributed by atoms with Gasteiger partial charge in [0.25, 0.3) is 0 Å². The molecular weight excluding hydrogens is 328 g/mol. The summed E-state index contributed by atoms with van der Waals surface area (Å²) in [5, 5.41) is 3.16. The predicted octanol–water partition coefficient (Wildman–Crippen LogP) is 2.91. The Morgan fingerprint density at radius 1 is 1.24 bits per heavy atom. The Kier molecular flexibility index (Phi) is 5.02. The molecule has 1 aliphatic carbocycles. The molecule has 0 aliphatic heterocycles. The number of nitrogens with zero attached hydrogens (tertiary/aromatic N) is 2. The number of hydrogen-bond donors (Lipinski definition) is 1. The minimum absolute atomic E-state index is 0.0166. The van der Waals surface area contributed by atoms with E-state index in [-0.39, 0.29) is 6.04 Å². The van der Waals surface area contributed by atoms with Crippen LogP contribution in [0, 0.1) is 11.6 Å². The van der Waals surface area contributed by atoms with Gasteiger partial charge in [-0.1, -0.05) is 0 Å². The van der Waals surface area contributed by atoms with E-state index in [2.05, 4.69) is 15.3 Å². The van der Waals surface area contributed by atoms with Crippen molar-refractivity contribution in [2.24, 2.45) is 0 Å². The Labute approximate surface area is 143 Å². The number of carbonyl (C=O) groups is 1. The molecule has 0 amide bonds. The molecule has 0 fully saturated rings. The fourth-order valence-electron chi connectivity index (χ4n) is 2.75. The van der Waals surface area contributed by atoms with Crippen molar-refractivity contribution in [3.05, 3.63) is 58.9 Å². The normalized spacial score (nSPS) is 13.9. The summed E-state index contributed by atoms with van der Waals surface area (Å²) in [6.07, 6.45) is 7.20. The summed E-state index contributed by atoms with van der Waals surface area (Å²) in [7, 11) is 0. The molecule has 0 radical (unpaired) electrons. The molecule has 25 heavy (non-hydrogen) atoms. The van der Waals surface area contributed by atoms with Crippen LogP contribution in [0.2, 0.25) is 0 Å². The summed E-state index contributed by atoms with van der Waals surface area (Å²) in [5.41, 5.74) is 2.26. The molecule has 0 saturated heterocycles. The number of nitrogens with one attached hydrogen (secondary N) is 1. The molecule has 0 atom stereocenters. The third-order valence-corrected chi connectivity index (χ3v) is 3.88. The Hall–Kier alpha value is -2.83. The topological polar surface area (TPSA) is 64.1 Å². The summed E-state index contributed by atoms with van der Waals surface area (Å²) in [4.78, 5) is 19.6. The van der Waals surface area contributed by atoms with Crippen molar-refractivity contribution in [1.29, 1.82) is 0 Å². The van der Waals surface area contributed by atoms with Gasteiger partial charge in [-0.3, -0.25) is 0 Å². The summed E-state index contributed by atoms with van der Waals surface area (Å²) in [5.74, 6) is -1.65. The van der Waals surface area contributed by atoms with Gasteiger partial charge in [-0.2, -0.15) is 0 Å². The Bertz CT molecular complexity index is 776. The third kappa shape index (κ3) is 4.17. The van der Waals surface area contributed by atoms with E-state index in [1.54, 1.807) is 25.4 Å². The number of fused-ring (bicyclic) bond motifs is 1. The molecule has 1 heterocycles. The van der Waals surface area contributed by atoms with Crippen LogP contribution in [0.5, 0.6) is 0 Å². The first-order valence-corrected chi connectivity index (χ1v) is 7.95. The molecule has 130 valence electrons. The standard InChI is InChI=1S/C18H17F2N3O2/c1-2-25-17(24)4-3-11-9-21-18(22-10-11)23-14-5-12-7-15(19)16(20)8-13(12)6-14/h3-4,7-10,14H,2,5-6H2,1H3,(H,21,22,23)/b4-3+. The zero-order valence-corrected chi connectivity index (χ0v) is 13.6. The number of hydrogen-bond acceptors (Lipinski definition) is 5. The van der Waals surface area contributed by atoms with Crippen molar-refractivity contribution in [3.8, 4) is 0 Å². The van der Waals surface area contributed by atoms with Gasteiger partial charge in [-0.25, -0.2) is 23.5 Å². The van der Waals surface area contributed by atoms with E-state index < -0.39 is 17.6 Å².